The lowest BCUT2D eigenvalue weighted by Gasteiger charge is -2.22. The fraction of sp³-hybridized carbons (Fsp3) is 0.333. The number of hydrogen-bond donors (Lipinski definition) is 1. The fourth-order valence-electron chi connectivity index (χ4n) is 2.47. The van der Waals surface area contributed by atoms with E-state index in [1.54, 1.807) is 11.3 Å². The first-order valence-corrected chi connectivity index (χ1v) is 7.24. The summed E-state index contributed by atoms with van der Waals surface area (Å²) in [4.78, 5) is 1.25. The first kappa shape index (κ1) is 11.8. The predicted molar refractivity (Wildman–Crippen MR) is 75.0 cm³/mol. The van der Waals surface area contributed by atoms with Crippen molar-refractivity contribution in [3.8, 4) is 5.75 Å². The first-order valence-electron chi connectivity index (χ1n) is 6.36. The van der Waals surface area contributed by atoms with E-state index in [1.165, 1.54) is 22.4 Å². The van der Waals surface area contributed by atoms with Gasteiger partial charge in [0.2, 0.25) is 0 Å². The van der Waals surface area contributed by atoms with E-state index in [1.807, 2.05) is 6.07 Å². The van der Waals surface area contributed by atoms with Crippen LogP contribution in [0.5, 0.6) is 5.75 Å². The molecule has 1 aliphatic rings. The Bertz CT molecular complexity index is 521. The van der Waals surface area contributed by atoms with Crippen molar-refractivity contribution in [3.63, 3.8) is 0 Å². The van der Waals surface area contributed by atoms with Crippen LogP contribution in [0.1, 0.15) is 34.9 Å². The van der Waals surface area contributed by atoms with E-state index in [4.69, 9.17) is 10.5 Å². The van der Waals surface area contributed by atoms with E-state index in [0.717, 1.165) is 18.6 Å². The molecule has 2 N–H and O–H groups in total. The Morgan fingerprint density at radius 3 is 3.11 bits per heavy atom. The minimum Gasteiger partial charge on any atom is -0.488 e. The van der Waals surface area contributed by atoms with Crippen molar-refractivity contribution in [2.45, 2.75) is 31.9 Å². The number of aryl methyl sites for hydroxylation is 1. The summed E-state index contributed by atoms with van der Waals surface area (Å²) in [5.41, 5.74) is 8.76. The highest BCUT2D eigenvalue weighted by Crippen LogP contribution is 2.30. The van der Waals surface area contributed by atoms with Gasteiger partial charge in [-0.05, 0) is 54.0 Å². The molecule has 2 aromatic rings. The average molecular weight is 259 g/mol. The van der Waals surface area contributed by atoms with E-state index < -0.39 is 0 Å². The molecule has 1 unspecified atom stereocenters. The smallest absolute Gasteiger partial charge is 0.122 e. The van der Waals surface area contributed by atoms with Gasteiger partial charge < -0.3 is 10.5 Å². The summed E-state index contributed by atoms with van der Waals surface area (Å²) in [7, 11) is 0. The van der Waals surface area contributed by atoms with Crippen molar-refractivity contribution in [2.75, 3.05) is 0 Å². The van der Waals surface area contributed by atoms with Crippen molar-refractivity contribution < 1.29 is 4.74 Å². The lowest BCUT2D eigenvalue weighted by atomic mass is 9.88. The summed E-state index contributed by atoms with van der Waals surface area (Å²) in [5, 5.41) is 2.07. The molecule has 0 radical (unpaired) electrons. The number of benzene rings is 1. The molecule has 1 aromatic heterocycles. The van der Waals surface area contributed by atoms with Gasteiger partial charge in [-0.3, -0.25) is 0 Å². The minimum atomic E-state index is 0.208. The standard InChI is InChI=1S/C15H17NOS/c16-15-5-1-3-11-9-12(6-7-14(11)15)17-10-13-4-2-8-18-13/h2,4,6-9,15H,1,3,5,10,16H2. The van der Waals surface area contributed by atoms with E-state index >= 15 is 0 Å². The van der Waals surface area contributed by atoms with Gasteiger partial charge in [0.05, 0.1) is 0 Å². The van der Waals surface area contributed by atoms with Crippen molar-refractivity contribution in [1.82, 2.24) is 0 Å². The number of rotatable bonds is 3. The topological polar surface area (TPSA) is 35.2 Å². The molecule has 0 saturated heterocycles. The highest BCUT2D eigenvalue weighted by Gasteiger charge is 2.16. The summed E-state index contributed by atoms with van der Waals surface area (Å²) < 4.78 is 5.82. The van der Waals surface area contributed by atoms with Gasteiger partial charge in [0.15, 0.2) is 0 Å². The Kier molecular flexibility index (Phi) is 3.35. The summed E-state index contributed by atoms with van der Waals surface area (Å²) >= 11 is 1.73. The molecule has 1 aliphatic carbocycles. The Balaban J connectivity index is 1.74. The first-order chi connectivity index (χ1) is 8.83. The van der Waals surface area contributed by atoms with Crippen molar-refractivity contribution in [2.24, 2.45) is 5.73 Å². The number of ether oxygens (including phenoxy) is 1. The SMILES string of the molecule is NC1CCCc2cc(OCc3cccs3)ccc21. The zero-order chi connectivity index (χ0) is 12.4. The second kappa shape index (κ2) is 5.12. The molecule has 0 aliphatic heterocycles. The molecule has 0 bridgehead atoms. The fourth-order valence-corrected chi connectivity index (χ4v) is 3.08. The Morgan fingerprint density at radius 2 is 2.28 bits per heavy atom. The van der Waals surface area contributed by atoms with E-state index in [2.05, 4.69) is 29.6 Å². The van der Waals surface area contributed by atoms with Gasteiger partial charge in [-0.25, -0.2) is 0 Å². The van der Waals surface area contributed by atoms with E-state index in [9.17, 15) is 0 Å². The van der Waals surface area contributed by atoms with Crippen LogP contribution in [-0.2, 0) is 13.0 Å². The van der Waals surface area contributed by atoms with Crippen LogP contribution in [0.4, 0.5) is 0 Å². The molecular formula is C15H17NOS. The normalized spacial score (nSPS) is 18.4. The second-order valence-corrected chi connectivity index (χ2v) is 5.76. The maximum Gasteiger partial charge on any atom is 0.122 e. The van der Waals surface area contributed by atoms with Gasteiger partial charge in [-0.15, -0.1) is 11.3 Å². The number of thiophene rings is 1. The van der Waals surface area contributed by atoms with E-state index in [-0.39, 0.29) is 6.04 Å². The molecule has 0 amide bonds. The third-order valence-corrected chi connectivity index (χ3v) is 4.29. The molecule has 0 saturated carbocycles. The molecule has 0 spiro atoms. The van der Waals surface area contributed by atoms with Crippen LogP contribution in [-0.4, -0.2) is 0 Å². The molecular weight excluding hydrogens is 242 g/mol. The second-order valence-electron chi connectivity index (χ2n) is 4.73. The highest BCUT2D eigenvalue weighted by atomic mass is 32.1. The number of hydrogen-bond acceptors (Lipinski definition) is 3. The summed E-state index contributed by atoms with van der Waals surface area (Å²) in [6, 6.07) is 10.7. The van der Waals surface area contributed by atoms with Crippen LogP contribution in [0.3, 0.4) is 0 Å². The minimum absolute atomic E-state index is 0.208. The van der Waals surface area contributed by atoms with Crippen molar-refractivity contribution in [3.05, 3.63) is 51.7 Å². The molecule has 3 rings (SSSR count). The number of fused-ring (bicyclic) bond motifs is 1. The van der Waals surface area contributed by atoms with Crippen LogP contribution in [0.25, 0.3) is 0 Å². The largest absolute Gasteiger partial charge is 0.488 e. The van der Waals surface area contributed by atoms with Gasteiger partial charge in [-0.2, -0.15) is 0 Å². The van der Waals surface area contributed by atoms with Gasteiger partial charge in [0, 0.05) is 10.9 Å². The summed E-state index contributed by atoms with van der Waals surface area (Å²) in [6.45, 7) is 0.655. The lowest BCUT2D eigenvalue weighted by Crippen LogP contribution is -2.17. The van der Waals surface area contributed by atoms with Crippen LogP contribution in [0, 0.1) is 0 Å². The zero-order valence-electron chi connectivity index (χ0n) is 10.3. The molecule has 1 aromatic carbocycles. The molecule has 2 nitrogen and oxygen atoms in total. The summed E-state index contributed by atoms with van der Waals surface area (Å²) in [6.07, 6.45) is 3.41. The molecule has 18 heavy (non-hydrogen) atoms. The maximum atomic E-state index is 6.11. The van der Waals surface area contributed by atoms with Crippen molar-refractivity contribution in [1.29, 1.82) is 0 Å². The molecule has 1 atom stereocenters. The van der Waals surface area contributed by atoms with Crippen LogP contribution < -0.4 is 10.5 Å². The van der Waals surface area contributed by atoms with Gasteiger partial charge in [-0.1, -0.05) is 12.1 Å². The maximum absolute atomic E-state index is 6.11. The third kappa shape index (κ3) is 2.42. The number of nitrogens with two attached hydrogens (primary N) is 1. The molecule has 1 heterocycles. The highest BCUT2D eigenvalue weighted by molar-refractivity contribution is 7.09. The monoisotopic (exact) mass is 259 g/mol. The molecule has 0 fully saturated rings. The predicted octanol–water partition coefficient (Wildman–Crippen LogP) is 3.66. The Morgan fingerprint density at radius 1 is 1.33 bits per heavy atom. The average Bonchev–Trinajstić information content (AvgIpc) is 2.90. The van der Waals surface area contributed by atoms with E-state index in [0.29, 0.717) is 6.61 Å². The Hall–Kier alpha value is -1.32. The summed E-state index contributed by atoms with van der Waals surface area (Å²) in [5.74, 6) is 0.955. The van der Waals surface area contributed by atoms with Crippen LogP contribution in [0.15, 0.2) is 35.7 Å². The Labute approximate surface area is 111 Å². The van der Waals surface area contributed by atoms with Gasteiger partial charge in [0.25, 0.3) is 0 Å². The van der Waals surface area contributed by atoms with Gasteiger partial charge >= 0.3 is 0 Å². The van der Waals surface area contributed by atoms with Gasteiger partial charge in [0.1, 0.15) is 12.4 Å². The third-order valence-electron chi connectivity index (χ3n) is 3.44. The molecule has 3 heteroatoms. The quantitative estimate of drug-likeness (QED) is 0.913. The molecule has 94 valence electrons. The van der Waals surface area contributed by atoms with Crippen LogP contribution >= 0.6 is 11.3 Å². The lowest BCUT2D eigenvalue weighted by molar-refractivity contribution is 0.309. The zero-order valence-corrected chi connectivity index (χ0v) is 11.1. The van der Waals surface area contributed by atoms with Crippen LogP contribution in [0.2, 0.25) is 0 Å². The van der Waals surface area contributed by atoms with Crippen molar-refractivity contribution >= 4 is 11.3 Å².